The number of hydrogen-bond donors (Lipinski definition) is 1. The van der Waals surface area contributed by atoms with Gasteiger partial charge < -0.3 is 10.0 Å². The van der Waals surface area contributed by atoms with Gasteiger partial charge in [0.05, 0.1) is 6.54 Å². The molecule has 0 aliphatic carbocycles. The molecule has 1 fully saturated rings. The third-order valence-corrected chi connectivity index (χ3v) is 4.78. The van der Waals surface area contributed by atoms with Crippen molar-refractivity contribution in [2.45, 2.75) is 31.6 Å². The van der Waals surface area contributed by atoms with Gasteiger partial charge in [-0.3, -0.25) is 9.59 Å². The number of benzene rings is 2. The molecule has 2 aromatic carbocycles. The van der Waals surface area contributed by atoms with Crippen molar-refractivity contribution >= 4 is 17.4 Å². The molecule has 1 N–H and O–H groups in total. The van der Waals surface area contributed by atoms with E-state index < -0.39 is 5.97 Å². The van der Waals surface area contributed by atoms with Crippen molar-refractivity contribution in [3.63, 3.8) is 0 Å². The van der Waals surface area contributed by atoms with E-state index >= 15 is 0 Å². The zero-order valence-electron chi connectivity index (χ0n) is 14.2. The SMILES string of the molecule is O=C(O)CCCc1ccc(N2CCC(c3ccccc3)C(=O)C2)cc1. The fourth-order valence-electron chi connectivity index (χ4n) is 3.40. The third kappa shape index (κ3) is 4.47. The Hall–Kier alpha value is -2.62. The van der Waals surface area contributed by atoms with Gasteiger partial charge in [0.2, 0.25) is 0 Å². The first-order valence-electron chi connectivity index (χ1n) is 8.77. The van der Waals surface area contributed by atoms with Gasteiger partial charge in [-0.15, -0.1) is 0 Å². The van der Waals surface area contributed by atoms with Gasteiger partial charge in [0.25, 0.3) is 0 Å². The van der Waals surface area contributed by atoms with E-state index in [1.165, 1.54) is 0 Å². The van der Waals surface area contributed by atoms with Crippen LogP contribution in [0.15, 0.2) is 54.6 Å². The normalized spacial score (nSPS) is 17.5. The average Bonchev–Trinajstić information content (AvgIpc) is 2.63. The van der Waals surface area contributed by atoms with Crippen LogP contribution in [0.3, 0.4) is 0 Å². The van der Waals surface area contributed by atoms with E-state index in [-0.39, 0.29) is 18.1 Å². The minimum atomic E-state index is -0.753. The average molecular weight is 337 g/mol. The number of Topliss-reactive ketones (excluding diaryl/α,β-unsaturated/α-hetero) is 1. The zero-order valence-corrected chi connectivity index (χ0v) is 14.2. The fraction of sp³-hybridized carbons (Fsp3) is 0.333. The molecule has 1 unspecified atom stereocenters. The molecule has 4 heteroatoms. The van der Waals surface area contributed by atoms with Crippen LogP contribution in [0, 0.1) is 0 Å². The van der Waals surface area contributed by atoms with Crippen LogP contribution < -0.4 is 4.90 Å². The van der Waals surface area contributed by atoms with E-state index in [1.54, 1.807) is 0 Å². The fourth-order valence-corrected chi connectivity index (χ4v) is 3.40. The Labute approximate surface area is 148 Å². The summed E-state index contributed by atoms with van der Waals surface area (Å²) in [5.41, 5.74) is 3.30. The molecular formula is C21H23NO3. The maximum Gasteiger partial charge on any atom is 0.303 e. The smallest absolute Gasteiger partial charge is 0.303 e. The van der Waals surface area contributed by atoms with Crippen LogP contribution in [0.1, 0.15) is 36.3 Å². The van der Waals surface area contributed by atoms with Crippen LogP contribution in [0.4, 0.5) is 5.69 Å². The van der Waals surface area contributed by atoms with Crippen molar-refractivity contribution in [3.8, 4) is 0 Å². The van der Waals surface area contributed by atoms with Crippen LogP contribution in [-0.2, 0) is 16.0 Å². The second-order valence-electron chi connectivity index (χ2n) is 6.55. The summed E-state index contributed by atoms with van der Waals surface area (Å²) in [5, 5.41) is 8.70. The van der Waals surface area contributed by atoms with Gasteiger partial charge in [0, 0.05) is 24.6 Å². The standard InChI is InChI=1S/C21H23NO3/c23-20-15-22(14-13-19(20)17-6-2-1-3-7-17)18-11-9-16(10-12-18)5-4-8-21(24)25/h1-3,6-7,9-12,19H,4-5,8,13-15H2,(H,24,25). The van der Waals surface area contributed by atoms with Gasteiger partial charge in [0.1, 0.15) is 0 Å². The topological polar surface area (TPSA) is 57.6 Å². The predicted molar refractivity (Wildman–Crippen MR) is 98.0 cm³/mol. The number of piperidine rings is 1. The van der Waals surface area contributed by atoms with Gasteiger partial charge in [-0.2, -0.15) is 0 Å². The van der Waals surface area contributed by atoms with E-state index in [9.17, 15) is 9.59 Å². The number of carbonyl (C=O) groups excluding carboxylic acids is 1. The Morgan fingerprint density at radius 1 is 1.08 bits per heavy atom. The number of nitrogens with zero attached hydrogens (tertiary/aromatic N) is 1. The molecule has 1 heterocycles. The summed E-state index contributed by atoms with van der Waals surface area (Å²) in [7, 11) is 0. The third-order valence-electron chi connectivity index (χ3n) is 4.78. The van der Waals surface area contributed by atoms with Crippen molar-refractivity contribution in [1.82, 2.24) is 0 Å². The molecule has 4 nitrogen and oxygen atoms in total. The lowest BCUT2D eigenvalue weighted by Crippen LogP contribution is -2.39. The van der Waals surface area contributed by atoms with Crippen LogP contribution in [-0.4, -0.2) is 29.9 Å². The van der Waals surface area contributed by atoms with Gasteiger partial charge >= 0.3 is 5.97 Å². The highest BCUT2D eigenvalue weighted by molar-refractivity contribution is 5.91. The monoisotopic (exact) mass is 337 g/mol. The summed E-state index contributed by atoms with van der Waals surface area (Å²) in [6.07, 6.45) is 2.45. The van der Waals surface area contributed by atoms with Crippen LogP contribution in [0.2, 0.25) is 0 Å². The minimum absolute atomic E-state index is 0.00717. The lowest BCUT2D eigenvalue weighted by atomic mass is 9.88. The molecule has 0 amide bonds. The lowest BCUT2D eigenvalue weighted by Gasteiger charge is -2.32. The summed E-state index contributed by atoms with van der Waals surface area (Å²) in [6, 6.07) is 18.1. The number of rotatable bonds is 6. The molecule has 0 radical (unpaired) electrons. The van der Waals surface area contributed by atoms with Gasteiger partial charge in [-0.05, 0) is 42.5 Å². The van der Waals surface area contributed by atoms with E-state index in [0.717, 1.165) is 36.2 Å². The first-order valence-corrected chi connectivity index (χ1v) is 8.77. The molecular weight excluding hydrogens is 314 g/mol. The summed E-state index contributed by atoms with van der Waals surface area (Å²) in [4.78, 5) is 25.3. The Kier molecular flexibility index (Phi) is 5.49. The summed E-state index contributed by atoms with van der Waals surface area (Å²) >= 11 is 0. The summed E-state index contributed by atoms with van der Waals surface area (Å²) in [6.45, 7) is 1.31. The second-order valence-corrected chi connectivity index (χ2v) is 6.55. The number of hydrogen-bond acceptors (Lipinski definition) is 3. The Morgan fingerprint density at radius 3 is 2.44 bits per heavy atom. The molecule has 3 rings (SSSR count). The number of aryl methyl sites for hydroxylation is 1. The first-order chi connectivity index (χ1) is 12.1. The Bertz CT molecular complexity index is 725. The summed E-state index contributed by atoms with van der Waals surface area (Å²) < 4.78 is 0. The Balaban J connectivity index is 1.58. The van der Waals surface area contributed by atoms with Gasteiger partial charge in [0.15, 0.2) is 5.78 Å². The van der Waals surface area contributed by atoms with E-state index in [1.807, 2.05) is 54.6 Å². The number of ketones is 1. The highest BCUT2D eigenvalue weighted by atomic mass is 16.4. The molecule has 0 aromatic heterocycles. The first kappa shape index (κ1) is 17.2. The number of carboxylic acid groups (broad SMARTS) is 1. The second kappa shape index (κ2) is 7.97. The molecule has 1 aliphatic rings. The molecule has 130 valence electrons. The van der Waals surface area contributed by atoms with Crippen molar-refractivity contribution < 1.29 is 14.7 Å². The maximum absolute atomic E-state index is 12.6. The molecule has 1 aliphatic heterocycles. The lowest BCUT2D eigenvalue weighted by molar-refractivity contribution is -0.137. The highest BCUT2D eigenvalue weighted by Gasteiger charge is 2.28. The van der Waals surface area contributed by atoms with E-state index in [4.69, 9.17) is 5.11 Å². The number of carbonyl (C=O) groups is 2. The minimum Gasteiger partial charge on any atom is -0.481 e. The van der Waals surface area contributed by atoms with Crippen molar-refractivity contribution in [1.29, 1.82) is 0 Å². The van der Waals surface area contributed by atoms with Crippen molar-refractivity contribution in [2.24, 2.45) is 0 Å². The highest BCUT2D eigenvalue weighted by Crippen LogP contribution is 2.28. The van der Waals surface area contributed by atoms with Crippen molar-refractivity contribution in [2.75, 3.05) is 18.0 Å². The van der Waals surface area contributed by atoms with Gasteiger partial charge in [-0.25, -0.2) is 0 Å². The predicted octanol–water partition coefficient (Wildman–Crippen LogP) is 3.66. The molecule has 0 spiro atoms. The molecule has 0 bridgehead atoms. The Morgan fingerprint density at radius 2 is 1.80 bits per heavy atom. The number of aliphatic carboxylic acids is 1. The number of anilines is 1. The summed E-state index contributed by atoms with van der Waals surface area (Å²) in [5.74, 6) is -0.479. The van der Waals surface area contributed by atoms with Gasteiger partial charge in [-0.1, -0.05) is 42.5 Å². The largest absolute Gasteiger partial charge is 0.481 e. The molecule has 0 saturated carbocycles. The quantitative estimate of drug-likeness (QED) is 0.874. The van der Waals surface area contributed by atoms with E-state index in [0.29, 0.717) is 13.0 Å². The van der Waals surface area contributed by atoms with Crippen molar-refractivity contribution in [3.05, 3.63) is 65.7 Å². The van der Waals surface area contributed by atoms with Crippen LogP contribution in [0.25, 0.3) is 0 Å². The zero-order chi connectivity index (χ0) is 17.6. The van der Waals surface area contributed by atoms with E-state index in [2.05, 4.69) is 4.90 Å². The molecule has 25 heavy (non-hydrogen) atoms. The molecule has 1 saturated heterocycles. The number of carboxylic acids is 1. The van der Waals surface area contributed by atoms with Crippen LogP contribution >= 0.6 is 0 Å². The molecule has 2 aromatic rings. The maximum atomic E-state index is 12.6. The van der Waals surface area contributed by atoms with Crippen LogP contribution in [0.5, 0.6) is 0 Å². The molecule has 1 atom stereocenters.